The Bertz CT molecular complexity index is 3020. The van der Waals surface area contributed by atoms with Crippen LogP contribution in [0.25, 0.3) is 67.2 Å². The number of nitrogens with zero attached hydrogens (tertiary/aromatic N) is 6. The zero-order chi connectivity index (χ0) is 36.3. The predicted molar refractivity (Wildman–Crippen MR) is 214 cm³/mol. The summed E-state index contributed by atoms with van der Waals surface area (Å²) in [6, 6.07) is 57.1. The highest BCUT2D eigenvalue weighted by Gasteiger charge is 2.21. The fourth-order valence-electron chi connectivity index (χ4n) is 7.64. The van der Waals surface area contributed by atoms with Gasteiger partial charge >= 0.3 is 17.1 Å². The van der Waals surface area contributed by atoms with Crippen LogP contribution in [0, 0.1) is 0 Å². The first-order valence-electron chi connectivity index (χ1n) is 17.6. The summed E-state index contributed by atoms with van der Waals surface area (Å²) >= 11 is 0. The highest BCUT2D eigenvalue weighted by atomic mass is 16.2. The Morgan fingerprint density at radius 1 is 0.222 bits per heavy atom. The van der Waals surface area contributed by atoms with Crippen molar-refractivity contribution in [3.8, 4) is 34.1 Å². The molecule has 258 valence electrons. The van der Waals surface area contributed by atoms with Gasteiger partial charge in [0.05, 0.1) is 67.2 Å². The van der Waals surface area contributed by atoms with Crippen molar-refractivity contribution in [1.29, 1.82) is 0 Å². The Morgan fingerprint density at radius 2 is 0.426 bits per heavy atom. The molecule has 10 rings (SSSR count). The average Bonchev–Trinajstić information content (AvgIpc) is 3.81. The van der Waals surface area contributed by atoms with E-state index in [9.17, 15) is 14.4 Å². The summed E-state index contributed by atoms with van der Waals surface area (Å²) < 4.78 is 10.1. The van der Waals surface area contributed by atoms with Crippen LogP contribution in [0.4, 0.5) is 0 Å². The van der Waals surface area contributed by atoms with Gasteiger partial charge in [0.2, 0.25) is 0 Å². The van der Waals surface area contributed by atoms with Crippen molar-refractivity contribution in [2.45, 2.75) is 0 Å². The normalized spacial score (nSPS) is 11.6. The monoisotopic (exact) mass is 702 g/mol. The number of hydrogen-bond donors (Lipinski definition) is 0. The van der Waals surface area contributed by atoms with E-state index in [2.05, 4.69) is 0 Å². The molecule has 9 nitrogen and oxygen atoms in total. The van der Waals surface area contributed by atoms with Crippen LogP contribution in [0.15, 0.2) is 196 Å². The summed E-state index contributed by atoms with van der Waals surface area (Å²) in [7, 11) is 0. The minimum absolute atomic E-state index is 0.213. The van der Waals surface area contributed by atoms with E-state index in [1.165, 1.54) is 0 Å². The topological polar surface area (TPSA) is 80.8 Å². The summed E-state index contributed by atoms with van der Waals surface area (Å²) in [5.74, 6) is 0. The summed E-state index contributed by atoms with van der Waals surface area (Å²) in [5.41, 5.74) is 7.73. The molecule has 10 aromatic rings. The van der Waals surface area contributed by atoms with Crippen molar-refractivity contribution in [3.05, 3.63) is 213 Å². The Balaban J connectivity index is 1.14. The minimum atomic E-state index is -0.288. The van der Waals surface area contributed by atoms with E-state index in [1.54, 1.807) is 27.4 Å². The molecule has 0 aliphatic rings. The van der Waals surface area contributed by atoms with Gasteiger partial charge in [0.1, 0.15) is 0 Å². The lowest BCUT2D eigenvalue weighted by Crippen LogP contribution is -2.24. The number of para-hydroxylation sites is 8. The second-order valence-electron chi connectivity index (χ2n) is 13.0. The van der Waals surface area contributed by atoms with E-state index in [1.807, 2.05) is 182 Å². The quantitative estimate of drug-likeness (QED) is 0.176. The van der Waals surface area contributed by atoms with Crippen molar-refractivity contribution in [2.24, 2.45) is 0 Å². The van der Waals surface area contributed by atoms with E-state index < -0.39 is 0 Å². The summed E-state index contributed by atoms with van der Waals surface area (Å²) in [6.45, 7) is 0. The van der Waals surface area contributed by atoms with Gasteiger partial charge in [-0.2, -0.15) is 0 Å². The molecule has 54 heavy (non-hydrogen) atoms. The molecule has 0 atom stereocenters. The molecule has 3 heterocycles. The van der Waals surface area contributed by atoms with Gasteiger partial charge in [0.25, 0.3) is 0 Å². The molecule has 0 aliphatic heterocycles. The lowest BCUT2D eigenvalue weighted by atomic mass is 10.2. The third kappa shape index (κ3) is 4.69. The molecular formula is C45H30N6O3. The Labute approximate surface area is 307 Å². The van der Waals surface area contributed by atoms with Crippen LogP contribution in [-0.4, -0.2) is 27.4 Å². The number of fused-ring (bicyclic) bond motifs is 3. The Hall–Kier alpha value is -7.65. The smallest absolute Gasteiger partial charge is 0.260 e. The third-order valence-electron chi connectivity index (χ3n) is 9.96. The third-order valence-corrected chi connectivity index (χ3v) is 9.96. The van der Waals surface area contributed by atoms with Gasteiger partial charge in [0, 0.05) is 0 Å². The second-order valence-corrected chi connectivity index (χ2v) is 13.0. The zero-order valence-corrected chi connectivity index (χ0v) is 28.7. The number of rotatable bonds is 6. The fraction of sp³-hybridized carbons (Fsp3) is 0. The van der Waals surface area contributed by atoms with Crippen molar-refractivity contribution >= 4 is 33.1 Å². The molecule has 0 amide bonds. The van der Waals surface area contributed by atoms with Gasteiger partial charge in [-0.3, -0.25) is 27.4 Å². The van der Waals surface area contributed by atoms with Crippen molar-refractivity contribution in [1.82, 2.24) is 27.4 Å². The first-order chi connectivity index (χ1) is 26.6. The highest BCUT2D eigenvalue weighted by Crippen LogP contribution is 2.27. The van der Waals surface area contributed by atoms with Crippen LogP contribution in [0.1, 0.15) is 0 Å². The number of imidazole rings is 3. The maximum absolute atomic E-state index is 14.7. The van der Waals surface area contributed by atoms with E-state index in [0.29, 0.717) is 33.8 Å². The lowest BCUT2D eigenvalue weighted by molar-refractivity contribution is 0.908. The first-order valence-corrected chi connectivity index (χ1v) is 17.6. The van der Waals surface area contributed by atoms with Crippen molar-refractivity contribution in [3.63, 3.8) is 0 Å². The molecule has 3 aromatic heterocycles. The van der Waals surface area contributed by atoms with E-state index in [4.69, 9.17) is 0 Å². The first kappa shape index (κ1) is 31.1. The van der Waals surface area contributed by atoms with Gasteiger partial charge in [0.15, 0.2) is 0 Å². The number of benzene rings is 7. The number of hydrogen-bond acceptors (Lipinski definition) is 3. The molecule has 0 saturated heterocycles. The van der Waals surface area contributed by atoms with Gasteiger partial charge in [-0.15, -0.1) is 0 Å². The summed E-state index contributed by atoms with van der Waals surface area (Å²) in [5, 5.41) is 0. The molecule has 0 unspecified atom stereocenters. The van der Waals surface area contributed by atoms with Crippen LogP contribution in [0.3, 0.4) is 0 Å². The maximum atomic E-state index is 14.7. The summed E-state index contributed by atoms with van der Waals surface area (Å²) in [6.07, 6.45) is 0. The highest BCUT2D eigenvalue weighted by molar-refractivity contribution is 5.83. The maximum Gasteiger partial charge on any atom is 0.338 e. The average molecular weight is 703 g/mol. The van der Waals surface area contributed by atoms with E-state index in [-0.39, 0.29) is 17.1 Å². The van der Waals surface area contributed by atoms with Crippen LogP contribution < -0.4 is 17.1 Å². The zero-order valence-electron chi connectivity index (χ0n) is 28.7. The van der Waals surface area contributed by atoms with Crippen LogP contribution >= 0.6 is 0 Å². The lowest BCUT2D eigenvalue weighted by Gasteiger charge is -2.09. The Morgan fingerprint density at radius 3 is 0.685 bits per heavy atom. The van der Waals surface area contributed by atoms with Crippen molar-refractivity contribution in [2.75, 3.05) is 0 Å². The van der Waals surface area contributed by atoms with Crippen molar-refractivity contribution < 1.29 is 0 Å². The van der Waals surface area contributed by atoms with Gasteiger partial charge in [-0.1, -0.05) is 84.9 Å². The van der Waals surface area contributed by atoms with Gasteiger partial charge in [-0.05, 0) is 97.1 Å². The standard InChI is InChI=1S/C45H30N6O3/c52-43-46(31-15-3-1-4-16-31)37-23-7-9-25-39(37)48(43)33-19-13-21-35(29-33)50-41-27-11-12-28-42(41)51(45(50)54)36-22-14-20-34(30-36)49-40-26-10-8-24-38(40)47(44(49)53)32-17-5-2-6-18-32/h1-30H. The largest absolute Gasteiger partial charge is 0.338 e. The molecular weight excluding hydrogens is 673 g/mol. The summed E-state index contributed by atoms with van der Waals surface area (Å²) in [4.78, 5) is 43.0. The van der Waals surface area contributed by atoms with Crippen LogP contribution in [0.5, 0.6) is 0 Å². The molecule has 0 N–H and O–H groups in total. The van der Waals surface area contributed by atoms with Gasteiger partial charge in [-0.25, -0.2) is 14.4 Å². The Kier molecular flexibility index (Phi) is 7.06. The van der Waals surface area contributed by atoms with Crippen LogP contribution in [-0.2, 0) is 0 Å². The molecule has 0 fully saturated rings. The molecule has 0 radical (unpaired) electrons. The van der Waals surface area contributed by atoms with Crippen LogP contribution in [0.2, 0.25) is 0 Å². The molecule has 9 heteroatoms. The predicted octanol–water partition coefficient (Wildman–Crippen LogP) is 7.97. The van der Waals surface area contributed by atoms with Gasteiger partial charge < -0.3 is 0 Å². The van der Waals surface area contributed by atoms with E-state index >= 15 is 0 Å². The fourth-order valence-corrected chi connectivity index (χ4v) is 7.64. The second kappa shape index (κ2) is 12.2. The molecule has 0 bridgehead atoms. The molecule has 0 spiro atoms. The minimum Gasteiger partial charge on any atom is -0.260 e. The molecule has 7 aromatic carbocycles. The number of aromatic nitrogens is 6. The SMILES string of the molecule is O=c1n(-c2ccccc2)c2ccccc2n1-c1cccc(-n2c(=O)n(-c3cccc(-n4c(=O)n(-c5ccccc5)c5ccccc54)c3)c3ccccc32)c1. The van der Waals surface area contributed by atoms with E-state index in [0.717, 1.165) is 33.4 Å². The molecule has 0 saturated carbocycles. The molecule has 0 aliphatic carbocycles.